The van der Waals surface area contributed by atoms with Gasteiger partial charge in [-0.15, -0.1) is 0 Å². The number of nitrogens with zero attached hydrogens (tertiary/aromatic N) is 2. The van der Waals surface area contributed by atoms with Gasteiger partial charge in [-0.3, -0.25) is 9.88 Å². The SMILES string of the molecule is CC1(C)COCCN1C[C@@H]1[C@@H](c2ccccc2)C[C@](O)(c2ncc(Cl)cc2OCc2ccc(Br)cc2)[C@@H]1O. The molecule has 2 heterocycles. The van der Waals surface area contributed by atoms with Gasteiger partial charge < -0.3 is 19.7 Å². The summed E-state index contributed by atoms with van der Waals surface area (Å²) in [6.07, 6.45) is 0.760. The van der Waals surface area contributed by atoms with Crippen molar-refractivity contribution in [3.05, 3.63) is 93.2 Å². The normalized spacial score (nSPS) is 27.4. The molecule has 0 bridgehead atoms. The van der Waals surface area contributed by atoms with Gasteiger partial charge in [0.2, 0.25) is 0 Å². The predicted molar refractivity (Wildman–Crippen MR) is 151 cm³/mol. The summed E-state index contributed by atoms with van der Waals surface area (Å²) in [6.45, 7) is 7.28. The molecule has 1 aliphatic heterocycles. The Morgan fingerprint density at radius 3 is 2.61 bits per heavy atom. The fraction of sp³-hybridized carbons (Fsp3) is 0.433. The second-order valence-corrected chi connectivity index (χ2v) is 12.3. The van der Waals surface area contributed by atoms with Gasteiger partial charge >= 0.3 is 0 Å². The van der Waals surface area contributed by atoms with Gasteiger partial charge in [0.1, 0.15) is 23.7 Å². The highest BCUT2D eigenvalue weighted by atomic mass is 79.9. The highest BCUT2D eigenvalue weighted by molar-refractivity contribution is 9.10. The molecule has 2 aliphatic rings. The van der Waals surface area contributed by atoms with Gasteiger partial charge in [-0.05, 0) is 49.4 Å². The van der Waals surface area contributed by atoms with Crippen molar-refractivity contribution in [2.75, 3.05) is 26.3 Å². The summed E-state index contributed by atoms with van der Waals surface area (Å²) in [5.74, 6) is 0.0735. The van der Waals surface area contributed by atoms with Gasteiger partial charge in [0.25, 0.3) is 0 Å². The van der Waals surface area contributed by atoms with Crippen LogP contribution in [0.4, 0.5) is 0 Å². The Hall–Kier alpha value is -2.00. The number of ether oxygens (including phenoxy) is 2. The first-order valence-electron chi connectivity index (χ1n) is 13.0. The van der Waals surface area contributed by atoms with E-state index in [1.54, 1.807) is 6.07 Å². The summed E-state index contributed by atoms with van der Waals surface area (Å²) >= 11 is 9.76. The molecular weight excluding hydrogens is 568 g/mol. The molecule has 1 aromatic heterocycles. The lowest BCUT2D eigenvalue weighted by Crippen LogP contribution is -2.55. The van der Waals surface area contributed by atoms with Gasteiger partial charge in [-0.1, -0.05) is 70.0 Å². The van der Waals surface area contributed by atoms with Gasteiger partial charge in [0.05, 0.1) is 24.3 Å². The standard InChI is InChI=1S/C30H34BrClN2O4/c1-29(2)19-37-13-12-34(29)17-25-24(21-6-4-3-5-7-21)15-30(36,28(25)35)27-26(14-23(32)16-33-27)38-18-20-8-10-22(31)11-9-20/h3-11,14,16,24-25,28,35-36H,12-13,15,17-19H2,1-2H3/t24-,25-,28-,30+/m1/s1. The van der Waals surface area contributed by atoms with Gasteiger partial charge in [-0.2, -0.15) is 0 Å². The minimum atomic E-state index is -1.61. The summed E-state index contributed by atoms with van der Waals surface area (Å²) in [7, 11) is 0. The van der Waals surface area contributed by atoms with Crippen LogP contribution >= 0.6 is 27.5 Å². The van der Waals surface area contributed by atoms with Crippen molar-refractivity contribution in [1.29, 1.82) is 0 Å². The molecule has 1 saturated heterocycles. The highest BCUT2D eigenvalue weighted by Gasteiger charge is 2.56. The van der Waals surface area contributed by atoms with Crippen molar-refractivity contribution in [2.24, 2.45) is 5.92 Å². The van der Waals surface area contributed by atoms with E-state index in [0.29, 0.717) is 42.6 Å². The molecular formula is C30H34BrClN2O4. The average molecular weight is 602 g/mol. The van der Waals surface area contributed by atoms with Crippen LogP contribution in [0.15, 0.2) is 71.3 Å². The fourth-order valence-electron chi connectivity index (χ4n) is 5.79. The second-order valence-electron chi connectivity index (χ2n) is 11.0. The number of hydrogen-bond donors (Lipinski definition) is 2. The number of morpholine rings is 1. The van der Waals surface area contributed by atoms with E-state index >= 15 is 0 Å². The molecule has 0 spiro atoms. The van der Waals surface area contributed by atoms with E-state index in [2.05, 4.69) is 51.8 Å². The average Bonchev–Trinajstić information content (AvgIpc) is 3.16. The molecule has 0 radical (unpaired) electrons. The third-order valence-electron chi connectivity index (χ3n) is 7.96. The Kier molecular flexibility index (Phi) is 8.15. The maximum absolute atomic E-state index is 12.2. The van der Waals surface area contributed by atoms with Crippen LogP contribution in [0.25, 0.3) is 0 Å². The first kappa shape index (κ1) is 27.6. The molecule has 0 unspecified atom stereocenters. The van der Waals surface area contributed by atoms with E-state index in [0.717, 1.165) is 22.1 Å². The third-order valence-corrected chi connectivity index (χ3v) is 8.69. The molecule has 1 saturated carbocycles. The van der Waals surface area contributed by atoms with Gasteiger partial charge in [0.15, 0.2) is 0 Å². The first-order chi connectivity index (χ1) is 18.2. The number of hydrogen-bond acceptors (Lipinski definition) is 6. The van der Waals surface area contributed by atoms with Crippen molar-refractivity contribution in [2.45, 2.75) is 50.0 Å². The first-order valence-corrected chi connectivity index (χ1v) is 14.2. The minimum Gasteiger partial charge on any atom is -0.487 e. The molecule has 0 amide bonds. The summed E-state index contributed by atoms with van der Waals surface area (Å²) < 4.78 is 12.9. The van der Waals surface area contributed by atoms with E-state index in [1.807, 2.05) is 42.5 Å². The molecule has 5 rings (SSSR count). The summed E-state index contributed by atoms with van der Waals surface area (Å²) in [5.41, 5.74) is 0.590. The zero-order valence-corrected chi connectivity index (χ0v) is 24.0. The van der Waals surface area contributed by atoms with Crippen LogP contribution in [-0.2, 0) is 16.9 Å². The Bertz CT molecular complexity index is 1240. The van der Waals surface area contributed by atoms with Crippen molar-refractivity contribution in [3.8, 4) is 5.75 Å². The van der Waals surface area contributed by atoms with E-state index in [9.17, 15) is 10.2 Å². The predicted octanol–water partition coefficient (Wildman–Crippen LogP) is 5.54. The number of pyridine rings is 1. The molecule has 2 aromatic carbocycles. The van der Waals surface area contributed by atoms with Crippen LogP contribution in [0, 0.1) is 5.92 Å². The molecule has 6 nitrogen and oxygen atoms in total. The van der Waals surface area contributed by atoms with Gasteiger partial charge in [0, 0.05) is 41.3 Å². The van der Waals surface area contributed by atoms with E-state index in [1.165, 1.54) is 6.20 Å². The Morgan fingerprint density at radius 2 is 1.89 bits per heavy atom. The maximum atomic E-state index is 12.2. The lowest BCUT2D eigenvalue weighted by molar-refractivity contribution is -0.0965. The van der Waals surface area contributed by atoms with Crippen molar-refractivity contribution in [1.82, 2.24) is 9.88 Å². The number of aliphatic hydroxyl groups is 2. The van der Waals surface area contributed by atoms with Crippen molar-refractivity contribution >= 4 is 27.5 Å². The lowest BCUT2D eigenvalue weighted by Gasteiger charge is -2.44. The van der Waals surface area contributed by atoms with Crippen LogP contribution in [-0.4, -0.2) is 58.0 Å². The molecule has 1 aliphatic carbocycles. The van der Waals surface area contributed by atoms with E-state index < -0.39 is 11.7 Å². The van der Waals surface area contributed by atoms with Gasteiger partial charge in [-0.25, -0.2) is 0 Å². The quantitative estimate of drug-likeness (QED) is 0.371. The van der Waals surface area contributed by atoms with E-state index in [4.69, 9.17) is 21.1 Å². The summed E-state index contributed by atoms with van der Waals surface area (Å²) in [4.78, 5) is 6.91. The van der Waals surface area contributed by atoms with E-state index in [-0.39, 0.29) is 24.0 Å². The number of benzene rings is 2. The maximum Gasteiger partial charge on any atom is 0.145 e. The molecule has 2 N–H and O–H groups in total. The zero-order chi connectivity index (χ0) is 26.9. The van der Waals surface area contributed by atoms with Crippen molar-refractivity contribution in [3.63, 3.8) is 0 Å². The number of rotatable bonds is 7. The zero-order valence-electron chi connectivity index (χ0n) is 21.7. The summed E-state index contributed by atoms with van der Waals surface area (Å²) in [5, 5.41) is 24.5. The van der Waals surface area contributed by atoms with Crippen LogP contribution in [0.1, 0.15) is 43.0 Å². The van der Waals surface area contributed by atoms with Crippen LogP contribution < -0.4 is 4.74 Å². The monoisotopic (exact) mass is 600 g/mol. The van der Waals surface area contributed by atoms with Crippen molar-refractivity contribution < 1.29 is 19.7 Å². The van der Waals surface area contributed by atoms with Crippen LogP contribution in [0.5, 0.6) is 5.75 Å². The molecule has 2 fully saturated rings. The minimum absolute atomic E-state index is 0.0772. The Morgan fingerprint density at radius 1 is 1.16 bits per heavy atom. The highest BCUT2D eigenvalue weighted by Crippen LogP contribution is 2.52. The smallest absolute Gasteiger partial charge is 0.145 e. The summed E-state index contributed by atoms with van der Waals surface area (Å²) in [6, 6.07) is 19.6. The molecule has 202 valence electrons. The largest absolute Gasteiger partial charge is 0.487 e. The Balaban J connectivity index is 1.48. The fourth-order valence-corrected chi connectivity index (χ4v) is 6.20. The third kappa shape index (κ3) is 5.64. The molecule has 3 aromatic rings. The molecule has 38 heavy (non-hydrogen) atoms. The Labute approximate surface area is 237 Å². The number of halogens is 2. The lowest BCUT2D eigenvalue weighted by atomic mass is 9.86. The molecule has 8 heteroatoms. The number of aliphatic hydroxyl groups excluding tert-OH is 1. The van der Waals surface area contributed by atoms with Crippen LogP contribution in [0.2, 0.25) is 5.02 Å². The topological polar surface area (TPSA) is 75.1 Å². The van der Waals surface area contributed by atoms with Crippen LogP contribution in [0.3, 0.4) is 0 Å². The number of aromatic nitrogens is 1. The second kappa shape index (κ2) is 11.2. The molecule has 4 atom stereocenters.